The minimum Gasteiger partial charge on any atom is -0.494 e. The molecule has 1 heterocycles. The van der Waals surface area contributed by atoms with Crippen LogP contribution >= 0.6 is 27.3 Å². The maximum atomic E-state index is 6.08. The maximum absolute atomic E-state index is 6.08. The van der Waals surface area contributed by atoms with Crippen LogP contribution in [0.4, 0.5) is 0 Å². The van der Waals surface area contributed by atoms with Gasteiger partial charge in [-0.2, -0.15) is 0 Å². The number of benzene rings is 3. The fourth-order valence-electron chi connectivity index (χ4n) is 2.74. The van der Waals surface area contributed by atoms with Gasteiger partial charge in [0, 0.05) is 4.47 Å². The number of ether oxygens (including phenoxy) is 2. The van der Waals surface area contributed by atoms with E-state index < -0.39 is 0 Å². The highest BCUT2D eigenvalue weighted by Gasteiger charge is 2.15. The van der Waals surface area contributed by atoms with Gasteiger partial charge in [-0.25, -0.2) is 4.98 Å². The van der Waals surface area contributed by atoms with E-state index in [1.54, 1.807) is 18.4 Å². The van der Waals surface area contributed by atoms with Crippen LogP contribution in [0.5, 0.6) is 11.5 Å². The molecule has 26 heavy (non-hydrogen) atoms. The second-order valence-electron chi connectivity index (χ2n) is 5.74. The molecule has 4 rings (SSSR count). The number of halogens is 1. The summed E-state index contributed by atoms with van der Waals surface area (Å²) in [6.45, 7) is 0.525. The highest BCUT2D eigenvalue weighted by atomic mass is 79.9. The quantitative estimate of drug-likeness (QED) is 0.375. The Bertz CT molecular complexity index is 1050. The van der Waals surface area contributed by atoms with Gasteiger partial charge in [-0.3, -0.25) is 0 Å². The van der Waals surface area contributed by atoms with Crippen LogP contribution in [0.25, 0.3) is 20.8 Å². The van der Waals surface area contributed by atoms with Gasteiger partial charge in [0.25, 0.3) is 0 Å². The van der Waals surface area contributed by atoms with E-state index in [4.69, 9.17) is 14.5 Å². The average molecular weight is 426 g/mol. The molecule has 0 atom stereocenters. The minimum atomic E-state index is 0.525. The molecule has 0 spiro atoms. The van der Waals surface area contributed by atoms with E-state index in [-0.39, 0.29) is 0 Å². The van der Waals surface area contributed by atoms with E-state index in [0.717, 1.165) is 42.3 Å². The third-order valence-corrected chi connectivity index (χ3v) is 5.49. The predicted octanol–water partition coefficient (Wildman–Crippen LogP) is 6.31. The molecule has 0 amide bonds. The van der Waals surface area contributed by atoms with Gasteiger partial charge >= 0.3 is 0 Å². The van der Waals surface area contributed by atoms with Crippen molar-refractivity contribution in [1.29, 1.82) is 0 Å². The van der Waals surface area contributed by atoms with Gasteiger partial charge in [0.1, 0.15) is 28.6 Å². The first kappa shape index (κ1) is 17.1. The maximum Gasteiger partial charge on any atom is 0.147 e. The summed E-state index contributed by atoms with van der Waals surface area (Å²) in [5, 5.41) is 0.917. The predicted molar refractivity (Wildman–Crippen MR) is 110 cm³/mol. The number of hydrogen-bond donors (Lipinski definition) is 0. The second-order valence-corrected chi connectivity index (χ2v) is 7.69. The van der Waals surface area contributed by atoms with Crippen LogP contribution in [0, 0.1) is 0 Å². The monoisotopic (exact) mass is 425 g/mol. The first-order valence-corrected chi connectivity index (χ1v) is 9.76. The van der Waals surface area contributed by atoms with Crippen LogP contribution in [-0.4, -0.2) is 12.1 Å². The van der Waals surface area contributed by atoms with Gasteiger partial charge in [-0.05, 0) is 29.8 Å². The summed E-state index contributed by atoms with van der Waals surface area (Å²) in [6.07, 6.45) is 0. The van der Waals surface area contributed by atoms with Crippen LogP contribution in [0.15, 0.2) is 71.2 Å². The van der Waals surface area contributed by atoms with Crippen molar-refractivity contribution in [3.8, 4) is 22.1 Å². The molecule has 130 valence electrons. The van der Waals surface area contributed by atoms with Crippen molar-refractivity contribution >= 4 is 37.5 Å². The minimum absolute atomic E-state index is 0.525. The Hall–Kier alpha value is -2.37. The zero-order chi connectivity index (χ0) is 17.9. The van der Waals surface area contributed by atoms with Gasteiger partial charge in [0.05, 0.1) is 17.4 Å². The zero-order valence-electron chi connectivity index (χ0n) is 14.1. The van der Waals surface area contributed by atoms with E-state index in [1.807, 2.05) is 48.5 Å². The Labute approximate surface area is 164 Å². The smallest absolute Gasteiger partial charge is 0.147 e. The molecule has 0 aliphatic carbocycles. The van der Waals surface area contributed by atoms with Crippen molar-refractivity contribution in [1.82, 2.24) is 4.98 Å². The molecule has 1 aromatic heterocycles. The Morgan fingerprint density at radius 1 is 0.962 bits per heavy atom. The molecule has 0 saturated carbocycles. The van der Waals surface area contributed by atoms with E-state index in [2.05, 4.69) is 34.1 Å². The lowest BCUT2D eigenvalue weighted by molar-refractivity contribution is 0.307. The zero-order valence-corrected chi connectivity index (χ0v) is 16.5. The number of hydrogen-bond acceptors (Lipinski definition) is 4. The number of nitrogens with zero attached hydrogens (tertiary/aromatic N) is 1. The fraction of sp³-hybridized carbons (Fsp3) is 0.0952. The molecule has 0 bridgehead atoms. The van der Waals surface area contributed by atoms with Crippen molar-refractivity contribution in [2.75, 3.05) is 7.11 Å². The first-order valence-electron chi connectivity index (χ1n) is 8.15. The Balaban J connectivity index is 1.71. The largest absolute Gasteiger partial charge is 0.494 e. The van der Waals surface area contributed by atoms with Gasteiger partial charge in [0.15, 0.2) is 0 Å². The lowest BCUT2D eigenvalue weighted by Crippen LogP contribution is -1.96. The summed E-state index contributed by atoms with van der Waals surface area (Å²) in [6, 6.07) is 22.2. The van der Waals surface area contributed by atoms with Crippen LogP contribution in [0.2, 0.25) is 0 Å². The Morgan fingerprint density at radius 3 is 2.54 bits per heavy atom. The normalized spacial score (nSPS) is 10.8. The van der Waals surface area contributed by atoms with Gasteiger partial charge in [-0.15, -0.1) is 11.3 Å². The Kier molecular flexibility index (Phi) is 4.91. The molecule has 0 unspecified atom stereocenters. The lowest BCUT2D eigenvalue weighted by Gasteiger charge is -2.09. The molecule has 3 nitrogen and oxygen atoms in total. The van der Waals surface area contributed by atoms with Crippen molar-refractivity contribution in [2.24, 2.45) is 0 Å². The third-order valence-electron chi connectivity index (χ3n) is 4.00. The molecule has 3 aromatic carbocycles. The number of thiazole rings is 1. The number of aromatic nitrogens is 1. The van der Waals surface area contributed by atoms with Crippen LogP contribution in [0.3, 0.4) is 0 Å². The summed E-state index contributed by atoms with van der Waals surface area (Å²) in [5.41, 5.74) is 2.99. The van der Waals surface area contributed by atoms with Gasteiger partial charge in [-0.1, -0.05) is 58.4 Å². The fourth-order valence-corrected chi connectivity index (χ4v) is 4.38. The molecular formula is C21H16BrNO2S. The molecule has 0 aliphatic heterocycles. The summed E-state index contributed by atoms with van der Waals surface area (Å²) in [5.74, 6) is 1.59. The van der Waals surface area contributed by atoms with Crippen molar-refractivity contribution < 1.29 is 9.47 Å². The number of rotatable bonds is 5. The number of fused-ring (bicyclic) bond motifs is 1. The van der Waals surface area contributed by atoms with E-state index >= 15 is 0 Å². The van der Waals surface area contributed by atoms with Crippen LogP contribution in [-0.2, 0) is 6.61 Å². The van der Waals surface area contributed by atoms with Crippen molar-refractivity contribution in [3.63, 3.8) is 0 Å². The second kappa shape index (κ2) is 7.48. The molecule has 0 fully saturated rings. The Morgan fingerprint density at radius 2 is 1.73 bits per heavy atom. The van der Waals surface area contributed by atoms with Gasteiger partial charge < -0.3 is 9.47 Å². The molecule has 0 radical (unpaired) electrons. The molecule has 0 saturated heterocycles. The SMILES string of the molecule is COc1cc(Br)cc2sc(-c3ccccc3OCc3ccccc3)nc12. The molecule has 5 heteroatoms. The first-order chi connectivity index (χ1) is 12.7. The van der Waals surface area contributed by atoms with Crippen molar-refractivity contribution in [3.05, 3.63) is 76.8 Å². The van der Waals surface area contributed by atoms with Crippen molar-refractivity contribution in [2.45, 2.75) is 6.61 Å². The van der Waals surface area contributed by atoms with E-state index in [0.29, 0.717) is 6.61 Å². The molecular weight excluding hydrogens is 410 g/mol. The summed E-state index contributed by atoms with van der Waals surface area (Å²) >= 11 is 5.16. The molecule has 0 N–H and O–H groups in total. The summed E-state index contributed by atoms with van der Waals surface area (Å²) in [7, 11) is 1.66. The summed E-state index contributed by atoms with van der Waals surface area (Å²) in [4.78, 5) is 4.80. The molecule has 0 aliphatic rings. The highest BCUT2D eigenvalue weighted by Crippen LogP contribution is 2.40. The van der Waals surface area contributed by atoms with Crippen LogP contribution < -0.4 is 9.47 Å². The topological polar surface area (TPSA) is 31.4 Å². The number of para-hydroxylation sites is 1. The van der Waals surface area contributed by atoms with Gasteiger partial charge in [0.2, 0.25) is 0 Å². The van der Waals surface area contributed by atoms with E-state index in [1.165, 1.54) is 0 Å². The third kappa shape index (κ3) is 3.45. The lowest BCUT2D eigenvalue weighted by atomic mass is 10.2. The van der Waals surface area contributed by atoms with E-state index in [9.17, 15) is 0 Å². The molecule has 4 aromatic rings. The average Bonchev–Trinajstić information content (AvgIpc) is 3.10. The summed E-state index contributed by atoms with van der Waals surface area (Å²) < 4.78 is 13.6. The highest BCUT2D eigenvalue weighted by molar-refractivity contribution is 9.10. The van der Waals surface area contributed by atoms with Crippen LogP contribution in [0.1, 0.15) is 5.56 Å². The number of methoxy groups -OCH3 is 1. The standard InChI is InChI=1S/C21H16BrNO2S/c1-24-18-11-15(22)12-19-20(18)23-21(26-19)16-9-5-6-10-17(16)25-13-14-7-3-2-4-8-14/h2-12H,13H2,1H3.